The summed E-state index contributed by atoms with van der Waals surface area (Å²) in [5.74, 6) is -0.890. The molecule has 0 fully saturated rings. The molecular weight excluding hydrogens is 781 g/mol. The molecule has 366 valence electrons. The van der Waals surface area contributed by atoms with Crippen molar-refractivity contribution in [1.29, 1.82) is 0 Å². The van der Waals surface area contributed by atoms with E-state index in [1.54, 1.807) is 0 Å². The van der Waals surface area contributed by atoms with Gasteiger partial charge in [0.1, 0.15) is 13.2 Å². The number of hydrogen-bond donors (Lipinski definition) is 0. The van der Waals surface area contributed by atoms with E-state index in [1.807, 2.05) is 0 Å². The molecule has 0 aliphatic carbocycles. The molecule has 0 aromatic heterocycles. The Morgan fingerprint density at radius 1 is 0.317 bits per heavy atom. The van der Waals surface area contributed by atoms with E-state index < -0.39 is 6.10 Å². The van der Waals surface area contributed by atoms with Gasteiger partial charge in [0.15, 0.2) is 6.10 Å². The number of ether oxygens (including phenoxy) is 3. The summed E-state index contributed by atoms with van der Waals surface area (Å²) in [4.78, 5) is 38.0. The van der Waals surface area contributed by atoms with Crippen molar-refractivity contribution in [2.45, 2.75) is 284 Å². The van der Waals surface area contributed by atoms with E-state index in [0.29, 0.717) is 19.3 Å². The Kier molecular flexibility index (Phi) is 49.8. The summed E-state index contributed by atoms with van der Waals surface area (Å²) in [6, 6.07) is 0. The highest BCUT2D eigenvalue weighted by Gasteiger charge is 2.19. The molecule has 0 heterocycles. The maximum absolute atomic E-state index is 12.8. The van der Waals surface area contributed by atoms with Gasteiger partial charge in [0, 0.05) is 19.3 Å². The van der Waals surface area contributed by atoms with Crippen LogP contribution in [0.3, 0.4) is 0 Å². The maximum atomic E-state index is 12.8. The average molecular weight is 883 g/mol. The SMILES string of the molecule is CCCCC/C=C\C/C=C\CCCCCCCCCC(=O)OC[C@H](COC(=O)CCCCCCC/C=C\C/C=C\CCCCC)OC(=O)CCCCCCCCCCCCCCC. The monoisotopic (exact) mass is 883 g/mol. The Bertz CT molecular complexity index is 1110. The number of unbranched alkanes of at least 4 members (excludes halogenated alkanes) is 30. The van der Waals surface area contributed by atoms with Gasteiger partial charge in [-0.15, -0.1) is 0 Å². The summed E-state index contributed by atoms with van der Waals surface area (Å²) in [6.07, 6.45) is 62.3. The first kappa shape index (κ1) is 60.4. The molecule has 0 saturated carbocycles. The first-order valence-electron chi connectivity index (χ1n) is 27.1. The van der Waals surface area contributed by atoms with E-state index in [9.17, 15) is 14.4 Å². The Morgan fingerprint density at radius 3 is 0.905 bits per heavy atom. The highest BCUT2D eigenvalue weighted by atomic mass is 16.6. The zero-order valence-corrected chi connectivity index (χ0v) is 41.8. The van der Waals surface area contributed by atoms with Gasteiger partial charge in [0.25, 0.3) is 0 Å². The third-order valence-corrected chi connectivity index (χ3v) is 11.8. The highest BCUT2D eigenvalue weighted by Crippen LogP contribution is 2.15. The van der Waals surface area contributed by atoms with Crippen LogP contribution in [-0.2, 0) is 28.6 Å². The first-order chi connectivity index (χ1) is 31.0. The van der Waals surface area contributed by atoms with Crippen LogP contribution in [0.25, 0.3) is 0 Å². The van der Waals surface area contributed by atoms with Crippen molar-refractivity contribution in [1.82, 2.24) is 0 Å². The largest absolute Gasteiger partial charge is 0.462 e. The van der Waals surface area contributed by atoms with Crippen molar-refractivity contribution in [2.24, 2.45) is 0 Å². The molecule has 0 aromatic rings. The molecule has 0 unspecified atom stereocenters. The van der Waals surface area contributed by atoms with E-state index in [1.165, 1.54) is 148 Å². The average Bonchev–Trinajstić information content (AvgIpc) is 3.28. The predicted octanol–water partition coefficient (Wildman–Crippen LogP) is 17.9. The molecule has 0 saturated heterocycles. The van der Waals surface area contributed by atoms with E-state index in [4.69, 9.17) is 14.2 Å². The third kappa shape index (κ3) is 50.2. The molecule has 6 nitrogen and oxygen atoms in total. The lowest BCUT2D eigenvalue weighted by Crippen LogP contribution is -2.30. The molecule has 0 rings (SSSR count). The van der Waals surface area contributed by atoms with E-state index in [2.05, 4.69) is 69.4 Å². The zero-order chi connectivity index (χ0) is 45.8. The van der Waals surface area contributed by atoms with Crippen LogP contribution in [0, 0.1) is 0 Å². The lowest BCUT2D eigenvalue weighted by atomic mass is 10.0. The zero-order valence-electron chi connectivity index (χ0n) is 41.8. The van der Waals surface area contributed by atoms with Crippen molar-refractivity contribution < 1.29 is 28.6 Å². The van der Waals surface area contributed by atoms with Gasteiger partial charge in [-0.25, -0.2) is 0 Å². The molecule has 0 amide bonds. The minimum atomic E-state index is -0.779. The molecule has 0 N–H and O–H groups in total. The van der Waals surface area contributed by atoms with Crippen molar-refractivity contribution in [3.05, 3.63) is 48.6 Å². The number of rotatable bonds is 49. The smallest absolute Gasteiger partial charge is 0.306 e. The fourth-order valence-electron chi connectivity index (χ4n) is 7.68. The Balaban J connectivity index is 4.38. The molecule has 0 bridgehead atoms. The van der Waals surface area contributed by atoms with Crippen LogP contribution in [-0.4, -0.2) is 37.2 Å². The fraction of sp³-hybridized carbons (Fsp3) is 0.807. The minimum absolute atomic E-state index is 0.0795. The molecule has 0 aliphatic heterocycles. The summed E-state index contributed by atoms with van der Waals surface area (Å²) in [6.45, 7) is 6.59. The van der Waals surface area contributed by atoms with Crippen molar-refractivity contribution >= 4 is 17.9 Å². The minimum Gasteiger partial charge on any atom is -0.462 e. The van der Waals surface area contributed by atoms with Crippen LogP contribution in [0.15, 0.2) is 48.6 Å². The third-order valence-electron chi connectivity index (χ3n) is 11.8. The second-order valence-electron chi connectivity index (χ2n) is 18.1. The summed E-state index contributed by atoms with van der Waals surface area (Å²) in [5, 5.41) is 0. The van der Waals surface area contributed by atoms with Gasteiger partial charge in [-0.1, -0.05) is 223 Å². The molecule has 63 heavy (non-hydrogen) atoms. The molecular formula is C57H102O6. The van der Waals surface area contributed by atoms with E-state index >= 15 is 0 Å². The van der Waals surface area contributed by atoms with Gasteiger partial charge in [-0.2, -0.15) is 0 Å². The fourth-order valence-corrected chi connectivity index (χ4v) is 7.68. The van der Waals surface area contributed by atoms with Crippen LogP contribution in [0.2, 0.25) is 0 Å². The molecule has 0 aromatic carbocycles. The van der Waals surface area contributed by atoms with Crippen molar-refractivity contribution in [3.63, 3.8) is 0 Å². The summed E-state index contributed by atoms with van der Waals surface area (Å²) in [5.41, 5.74) is 0. The number of allylic oxidation sites excluding steroid dienone is 8. The van der Waals surface area contributed by atoms with Gasteiger partial charge in [-0.3, -0.25) is 14.4 Å². The normalized spacial score (nSPS) is 12.4. The molecule has 0 spiro atoms. The number of esters is 3. The standard InChI is InChI=1S/C57H102O6/c1-4-7-10-13-16-19-22-25-27-28-30-33-35-38-41-44-47-50-56(59)62-53-54(63-57(60)51-48-45-42-39-36-31-24-21-18-15-12-9-6-3)52-61-55(58)49-46-43-40-37-34-32-29-26-23-20-17-14-11-8-5-2/h16-17,19-20,25-27,29,54H,4-15,18,21-24,28,30-53H2,1-3H3/b19-16-,20-17-,27-25-,29-26-/t54-/m0/s1. The lowest BCUT2D eigenvalue weighted by Gasteiger charge is -2.18. The van der Waals surface area contributed by atoms with Gasteiger partial charge >= 0.3 is 17.9 Å². The van der Waals surface area contributed by atoms with Crippen LogP contribution in [0.1, 0.15) is 278 Å². The van der Waals surface area contributed by atoms with Gasteiger partial charge in [0.2, 0.25) is 0 Å². The van der Waals surface area contributed by atoms with Crippen LogP contribution in [0.4, 0.5) is 0 Å². The van der Waals surface area contributed by atoms with Crippen molar-refractivity contribution in [3.8, 4) is 0 Å². The number of carbonyl (C=O) groups excluding carboxylic acids is 3. The maximum Gasteiger partial charge on any atom is 0.306 e. The Hall–Kier alpha value is -2.63. The van der Waals surface area contributed by atoms with Crippen molar-refractivity contribution in [2.75, 3.05) is 13.2 Å². The topological polar surface area (TPSA) is 78.9 Å². The Labute approximate surface area is 390 Å². The van der Waals surface area contributed by atoms with Gasteiger partial charge < -0.3 is 14.2 Å². The summed E-state index contributed by atoms with van der Waals surface area (Å²) < 4.78 is 16.8. The lowest BCUT2D eigenvalue weighted by molar-refractivity contribution is -0.167. The van der Waals surface area contributed by atoms with Gasteiger partial charge in [-0.05, 0) is 83.5 Å². The van der Waals surface area contributed by atoms with E-state index in [0.717, 1.165) is 89.9 Å². The van der Waals surface area contributed by atoms with E-state index in [-0.39, 0.29) is 31.1 Å². The van der Waals surface area contributed by atoms with Crippen LogP contribution in [0.5, 0.6) is 0 Å². The summed E-state index contributed by atoms with van der Waals surface area (Å²) in [7, 11) is 0. The summed E-state index contributed by atoms with van der Waals surface area (Å²) >= 11 is 0. The molecule has 1 atom stereocenters. The second-order valence-corrected chi connectivity index (χ2v) is 18.1. The number of hydrogen-bond acceptors (Lipinski definition) is 6. The predicted molar refractivity (Wildman–Crippen MR) is 270 cm³/mol. The number of carbonyl (C=O) groups is 3. The molecule has 0 radical (unpaired) electrons. The Morgan fingerprint density at radius 2 is 0.571 bits per heavy atom. The van der Waals surface area contributed by atoms with Crippen LogP contribution < -0.4 is 0 Å². The molecule has 0 aliphatic rings. The quantitative estimate of drug-likeness (QED) is 0.0262. The first-order valence-corrected chi connectivity index (χ1v) is 27.1. The second kappa shape index (κ2) is 52.0. The van der Waals surface area contributed by atoms with Crippen LogP contribution >= 0.6 is 0 Å². The molecule has 6 heteroatoms. The highest BCUT2D eigenvalue weighted by molar-refractivity contribution is 5.71. The van der Waals surface area contributed by atoms with Gasteiger partial charge in [0.05, 0.1) is 0 Å².